The lowest BCUT2D eigenvalue weighted by atomic mass is 9.85. The molecule has 2 aromatic rings. The Labute approximate surface area is 198 Å². The zero-order valence-corrected chi connectivity index (χ0v) is 18.4. The lowest BCUT2D eigenvalue weighted by molar-refractivity contribution is -0.276. The quantitative estimate of drug-likeness (QED) is 0.522. The summed E-state index contributed by atoms with van der Waals surface area (Å²) in [6, 6.07) is 5.70. The molecule has 184 valence electrons. The molecule has 2 aliphatic heterocycles. The number of aliphatic imine (C=N–C) groups is 1. The Bertz CT molecular complexity index is 1290. The van der Waals surface area contributed by atoms with Crippen molar-refractivity contribution in [2.75, 3.05) is 6.54 Å². The van der Waals surface area contributed by atoms with Crippen LogP contribution >= 0.6 is 11.6 Å². The molecular weight excluding hydrogens is 504 g/mol. The van der Waals surface area contributed by atoms with E-state index in [-0.39, 0.29) is 23.4 Å². The first-order valence-electron chi connectivity index (χ1n) is 9.90. The zero-order chi connectivity index (χ0) is 25.8. The number of oxime groups is 1. The highest BCUT2D eigenvalue weighted by Crippen LogP contribution is 2.50. The SMILES string of the molecule is Cc1cc(C2=NOC(c3cc(Cl)cc(C(F)(F)F)c3)(C(F)(F)F)C2)ccc1C(=O)N1C=NC(=O)C1. The third kappa shape index (κ3) is 4.49. The highest BCUT2D eigenvalue weighted by molar-refractivity contribution is 6.30. The Kier molecular flexibility index (Phi) is 5.90. The maximum Gasteiger partial charge on any atom is 0.435 e. The van der Waals surface area contributed by atoms with Gasteiger partial charge in [0.25, 0.3) is 17.4 Å². The van der Waals surface area contributed by atoms with Gasteiger partial charge in [0.05, 0.1) is 11.3 Å². The minimum absolute atomic E-state index is 0.175. The average Bonchev–Trinajstić information content (AvgIpc) is 3.39. The number of hydrogen-bond donors (Lipinski definition) is 0. The monoisotopic (exact) mass is 517 g/mol. The van der Waals surface area contributed by atoms with Crippen molar-refractivity contribution in [1.29, 1.82) is 0 Å². The van der Waals surface area contributed by atoms with Crippen LogP contribution in [0.1, 0.15) is 39.0 Å². The van der Waals surface area contributed by atoms with Gasteiger partial charge in [0, 0.05) is 22.6 Å². The third-order valence-corrected chi connectivity index (χ3v) is 5.79. The fourth-order valence-corrected chi connectivity index (χ4v) is 4.00. The summed E-state index contributed by atoms with van der Waals surface area (Å²) in [7, 11) is 0. The van der Waals surface area contributed by atoms with Gasteiger partial charge < -0.3 is 4.84 Å². The van der Waals surface area contributed by atoms with Gasteiger partial charge in [0.15, 0.2) is 0 Å². The number of nitrogens with zero attached hydrogens (tertiary/aromatic N) is 3. The molecule has 6 nitrogen and oxygen atoms in total. The van der Waals surface area contributed by atoms with Crippen LogP contribution in [0.5, 0.6) is 0 Å². The predicted octanol–water partition coefficient (Wildman–Crippen LogP) is 5.26. The van der Waals surface area contributed by atoms with Gasteiger partial charge in [-0.25, -0.2) is 4.99 Å². The van der Waals surface area contributed by atoms with Gasteiger partial charge in [-0.1, -0.05) is 22.8 Å². The van der Waals surface area contributed by atoms with Gasteiger partial charge in [-0.2, -0.15) is 26.3 Å². The Morgan fingerprint density at radius 2 is 1.83 bits per heavy atom. The Balaban J connectivity index is 1.67. The molecule has 2 heterocycles. The summed E-state index contributed by atoms with van der Waals surface area (Å²) >= 11 is 5.70. The van der Waals surface area contributed by atoms with E-state index >= 15 is 0 Å². The number of halogens is 7. The lowest BCUT2D eigenvalue weighted by Crippen LogP contribution is -2.43. The summed E-state index contributed by atoms with van der Waals surface area (Å²) in [5.41, 5.74) is -4.85. The Morgan fingerprint density at radius 1 is 1.11 bits per heavy atom. The van der Waals surface area contributed by atoms with E-state index in [2.05, 4.69) is 10.1 Å². The molecule has 0 saturated carbocycles. The van der Waals surface area contributed by atoms with E-state index in [0.717, 1.165) is 17.3 Å². The van der Waals surface area contributed by atoms with E-state index in [1.807, 2.05) is 0 Å². The van der Waals surface area contributed by atoms with Crippen LogP contribution in [0.25, 0.3) is 0 Å². The third-order valence-electron chi connectivity index (χ3n) is 5.58. The van der Waals surface area contributed by atoms with Crippen LogP contribution in [0.3, 0.4) is 0 Å². The number of aryl methyl sites for hydroxylation is 1. The summed E-state index contributed by atoms with van der Waals surface area (Å²) in [6.07, 6.45) is -9.91. The van der Waals surface area contributed by atoms with Gasteiger partial charge in [-0.15, -0.1) is 0 Å². The van der Waals surface area contributed by atoms with Gasteiger partial charge in [0.2, 0.25) is 0 Å². The summed E-state index contributed by atoms with van der Waals surface area (Å²) in [5.74, 6) is -1.03. The summed E-state index contributed by atoms with van der Waals surface area (Å²) in [5, 5.41) is 2.99. The number of carbonyl (C=O) groups excluding carboxylic acids is 2. The Hall–Kier alpha value is -3.41. The molecule has 35 heavy (non-hydrogen) atoms. The van der Waals surface area contributed by atoms with Crippen molar-refractivity contribution in [2.45, 2.75) is 31.3 Å². The van der Waals surface area contributed by atoms with Gasteiger partial charge >= 0.3 is 12.4 Å². The first kappa shape index (κ1) is 24.7. The van der Waals surface area contributed by atoms with Crippen molar-refractivity contribution in [1.82, 2.24) is 4.90 Å². The molecule has 0 aromatic heterocycles. The second-order valence-corrected chi connectivity index (χ2v) is 8.39. The normalized spacial score (nSPS) is 20.3. The van der Waals surface area contributed by atoms with Crippen LogP contribution in [-0.4, -0.2) is 41.5 Å². The number of benzene rings is 2. The molecule has 2 amide bonds. The van der Waals surface area contributed by atoms with E-state index in [0.29, 0.717) is 17.7 Å². The van der Waals surface area contributed by atoms with Gasteiger partial charge in [-0.3, -0.25) is 14.5 Å². The largest absolute Gasteiger partial charge is 0.435 e. The molecule has 13 heteroatoms. The first-order valence-corrected chi connectivity index (χ1v) is 10.3. The zero-order valence-electron chi connectivity index (χ0n) is 17.7. The number of carbonyl (C=O) groups is 2. The van der Waals surface area contributed by atoms with Crippen molar-refractivity contribution in [3.8, 4) is 0 Å². The second-order valence-electron chi connectivity index (χ2n) is 7.96. The molecule has 0 radical (unpaired) electrons. The van der Waals surface area contributed by atoms with Crippen molar-refractivity contribution in [3.05, 3.63) is 69.2 Å². The predicted molar refractivity (Wildman–Crippen MR) is 112 cm³/mol. The second kappa shape index (κ2) is 8.36. The fraction of sp³-hybridized carbons (Fsp3) is 0.273. The summed E-state index contributed by atoms with van der Waals surface area (Å²) in [4.78, 5) is 33.2. The van der Waals surface area contributed by atoms with E-state index in [1.54, 1.807) is 0 Å². The molecule has 1 atom stereocenters. The van der Waals surface area contributed by atoms with E-state index in [1.165, 1.54) is 25.1 Å². The molecule has 2 aliphatic rings. The number of alkyl halides is 6. The molecule has 1 unspecified atom stereocenters. The van der Waals surface area contributed by atoms with Crippen LogP contribution in [0.4, 0.5) is 26.3 Å². The molecular formula is C22H14ClF6N3O3. The molecule has 0 fully saturated rings. The maximum absolute atomic E-state index is 14.2. The van der Waals surface area contributed by atoms with Crippen molar-refractivity contribution < 1.29 is 40.8 Å². The smallest absolute Gasteiger partial charge is 0.374 e. The minimum Gasteiger partial charge on any atom is -0.374 e. The molecule has 0 N–H and O–H groups in total. The number of hydrogen-bond acceptors (Lipinski definition) is 4. The van der Waals surface area contributed by atoms with E-state index in [4.69, 9.17) is 16.4 Å². The summed E-state index contributed by atoms with van der Waals surface area (Å²) < 4.78 is 82.2. The van der Waals surface area contributed by atoms with Crippen LogP contribution in [-0.2, 0) is 21.4 Å². The number of rotatable bonds is 3. The number of amides is 2. The summed E-state index contributed by atoms with van der Waals surface area (Å²) in [6.45, 7) is 1.31. The lowest BCUT2D eigenvalue weighted by Gasteiger charge is -2.30. The highest BCUT2D eigenvalue weighted by Gasteiger charge is 2.62. The molecule has 0 aliphatic carbocycles. The fourth-order valence-electron chi connectivity index (χ4n) is 3.77. The topological polar surface area (TPSA) is 71.3 Å². The first-order chi connectivity index (χ1) is 16.2. The molecule has 4 rings (SSSR count). The van der Waals surface area contributed by atoms with Crippen molar-refractivity contribution >= 4 is 35.5 Å². The molecule has 0 saturated heterocycles. The van der Waals surface area contributed by atoms with Crippen LogP contribution in [0.15, 0.2) is 46.5 Å². The van der Waals surface area contributed by atoms with E-state index in [9.17, 15) is 35.9 Å². The molecule has 0 bridgehead atoms. The molecule has 2 aromatic carbocycles. The highest BCUT2D eigenvalue weighted by atomic mass is 35.5. The van der Waals surface area contributed by atoms with Crippen LogP contribution < -0.4 is 0 Å². The average molecular weight is 518 g/mol. The van der Waals surface area contributed by atoms with Gasteiger partial charge in [0.1, 0.15) is 12.9 Å². The van der Waals surface area contributed by atoms with Crippen LogP contribution in [0, 0.1) is 6.92 Å². The minimum atomic E-state index is -5.14. The maximum atomic E-state index is 14.2. The van der Waals surface area contributed by atoms with Gasteiger partial charge in [-0.05, 0) is 48.4 Å². The van der Waals surface area contributed by atoms with E-state index < -0.39 is 52.3 Å². The molecule has 0 spiro atoms. The standard InChI is InChI=1S/C22H14ClF6N3O3/c1-11-4-12(2-3-16(11)19(34)32-9-18(33)30-10-32)17-8-20(35-31-17,22(27,28)29)13-5-14(21(24,25)26)7-15(23)6-13/h2-7,10H,8-9H2,1H3. The van der Waals surface area contributed by atoms with Crippen LogP contribution in [0.2, 0.25) is 5.02 Å². The van der Waals surface area contributed by atoms with Crippen molar-refractivity contribution in [2.24, 2.45) is 10.1 Å². The Morgan fingerprint density at radius 3 is 2.40 bits per heavy atom. The van der Waals surface area contributed by atoms with Crippen molar-refractivity contribution in [3.63, 3.8) is 0 Å².